The Labute approximate surface area is 181 Å². The van der Waals surface area contributed by atoms with Crippen molar-refractivity contribution in [3.63, 3.8) is 0 Å². The lowest BCUT2D eigenvalue weighted by molar-refractivity contribution is -0.117. The van der Waals surface area contributed by atoms with Crippen LogP contribution in [0.5, 0.6) is 0 Å². The van der Waals surface area contributed by atoms with Gasteiger partial charge >= 0.3 is 5.97 Å². The minimum atomic E-state index is -0.583. The van der Waals surface area contributed by atoms with E-state index in [2.05, 4.69) is 25.4 Å². The average Bonchev–Trinajstić information content (AvgIpc) is 3.41. The van der Waals surface area contributed by atoms with E-state index in [1.165, 1.54) is 24.3 Å². The van der Waals surface area contributed by atoms with Gasteiger partial charge < -0.3 is 15.0 Å². The van der Waals surface area contributed by atoms with Crippen LogP contribution >= 0.6 is 0 Å². The first kappa shape index (κ1) is 19.9. The highest BCUT2D eigenvalue weighted by atomic mass is 19.1. The molecule has 1 aliphatic rings. The third-order valence-corrected chi connectivity index (χ3v) is 5.38. The molecule has 1 aliphatic carbocycles. The number of methoxy groups -OCH3 is 1. The Hall–Kier alpha value is -4.08. The topological polar surface area (TPSA) is 115 Å². The number of esters is 1. The molecule has 9 nitrogen and oxygen atoms in total. The molecule has 162 valence electrons. The summed E-state index contributed by atoms with van der Waals surface area (Å²) in [4.78, 5) is 36.0. The molecule has 1 amide bonds. The van der Waals surface area contributed by atoms with Gasteiger partial charge in [0.05, 0.1) is 18.2 Å². The molecule has 3 heterocycles. The molecule has 1 fully saturated rings. The molecule has 0 bridgehead atoms. The number of aromatic amines is 1. The molecule has 0 spiro atoms. The smallest absolute Gasteiger partial charge is 0.340 e. The summed E-state index contributed by atoms with van der Waals surface area (Å²) >= 11 is 0. The number of anilines is 1. The monoisotopic (exact) mass is 434 g/mol. The molecule has 32 heavy (non-hydrogen) atoms. The van der Waals surface area contributed by atoms with Crippen molar-refractivity contribution >= 4 is 28.6 Å². The molecule has 2 N–H and O–H groups in total. The molecule has 5 rings (SSSR count). The number of aromatic nitrogens is 5. The molecular formula is C22H19FN6O3. The molecule has 0 unspecified atom stereocenters. The Bertz CT molecular complexity index is 1370. The number of halogens is 1. The van der Waals surface area contributed by atoms with Crippen LogP contribution in [0.1, 0.15) is 29.0 Å². The number of hydrogen-bond acceptors (Lipinski definition) is 6. The first-order valence-electron chi connectivity index (χ1n) is 10.0. The lowest BCUT2D eigenvalue weighted by atomic mass is 10.1. The van der Waals surface area contributed by atoms with Crippen molar-refractivity contribution < 1.29 is 18.7 Å². The average molecular weight is 434 g/mol. The third kappa shape index (κ3) is 3.39. The zero-order valence-electron chi connectivity index (χ0n) is 17.3. The second-order valence-electron chi connectivity index (χ2n) is 7.62. The molecule has 0 atom stereocenters. The van der Waals surface area contributed by atoms with Gasteiger partial charge in [-0.25, -0.2) is 23.8 Å². The fraction of sp³-hybridized carbons (Fsp3) is 0.227. The largest absolute Gasteiger partial charge is 0.465 e. The Kier molecular flexibility index (Phi) is 4.69. The highest BCUT2D eigenvalue weighted by Crippen LogP contribution is 2.35. The first-order valence-corrected chi connectivity index (χ1v) is 10.0. The van der Waals surface area contributed by atoms with Crippen molar-refractivity contribution in [3.8, 4) is 16.9 Å². The Balaban J connectivity index is 1.65. The van der Waals surface area contributed by atoms with Crippen LogP contribution in [0.15, 0.2) is 36.8 Å². The van der Waals surface area contributed by atoms with Crippen LogP contribution in [-0.2, 0) is 9.53 Å². The summed E-state index contributed by atoms with van der Waals surface area (Å²) < 4.78 is 21.7. The zero-order chi connectivity index (χ0) is 22.4. The van der Waals surface area contributed by atoms with Crippen molar-refractivity contribution in [2.24, 2.45) is 5.92 Å². The van der Waals surface area contributed by atoms with Gasteiger partial charge in [-0.05, 0) is 38.0 Å². The standard InChI is InChI=1S/C22H19FN6O3/c1-11-25-10-29(28-11)17-5-3-4-13(18(17)23)16-8-14-15(22(31)32-2)9-24-20(19(14)26-16)27-21(30)12-6-7-12/h3-5,8-10,12,26H,6-7H2,1-2H3,(H,24,27,30). The van der Waals surface area contributed by atoms with Crippen LogP contribution in [0.4, 0.5) is 10.2 Å². The summed E-state index contributed by atoms with van der Waals surface area (Å²) in [6.07, 6.45) is 4.46. The fourth-order valence-electron chi connectivity index (χ4n) is 3.56. The highest BCUT2D eigenvalue weighted by molar-refractivity contribution is 6.10. The normalized spacial score (nSPS) is 13.3. The van der Waals surface area contributed by atoms with E-state index in [1.807, 2.05) is 0 Å². The van der Waals surface area contributed by atoms with E-state index in [1.54, 1.807) is 31.2 Å². The van der Waals surface area contributed by atoms with Crippen molar-refractivity contribution in [1.29, 1.82) is 0 Å². The van der Waals surface area contributed by atoms with Crippen LogP contribution in [0.25, 0.3) is 27.8 Å². The minimum absolute atomic E-state index is 0.0261. The van der Waals surface area contributed by atoms with Crippen LogP contribution < -0.4 is 5.32 Å². The Morgan fingerprint density at radius 2 is 2.09 bits per heavy atom. The molecule has 1 saturated carbocycles. The molecule has 4 aromatic rings. The van der Waals surface area contributed by atoms with E-state index in [-0.39, 0.29) is 34.5 Å². The number of amides is 1. The number of pyridine rings is 1. The van der Waals surface area contributed by atoms with E-state index in [4.69, 9.17) is 4.74 Å². The number of fused-ring (bicyclic) bond motifs is 1. The van der Waals surface area contributed by atoms with Gasteiger partial charge in [0.25, 0.3) is 0 Å². The van der Waals surface area contributed by atoms with E-state index in [9.17, 15) is 9.59 Å². The second kappa shape index (κ2) is 7.56. The predicted octanol–water partition coefficient (Wildman–Crippen LogP) is 3.39. The second-order valence-corrected chi connectivity index (χ2v) is 7.62. The van der Waals surface area contributed by atoms with Crippen LogP contribution in [0.3, 0.4) is 0 Å². The number of aryl methyl sites for hydroxylation is 1. The molecule has 3 aromatic heterocycles. The van der Waals surface area contributed by atoms with Crippen molar-refractivity contribution in [2.75, 3.05) is 12.4 Å². The van der Waals surface area contributed by atoms with Crippen molar-refractivity contribution in [1.82, 2.24) is 24.7 Å². The maximum absolute atomic E-state index is 15.4. The summed E-state index contributed by atoms with van der Waals surface area (Å²) in [6.45, 7) is 1.72. The van der Waals surface area contributed by atoms with Crippen LogP contribution in [-0.4, -0.2) is 43.7 Å². The maximum Gasteiger partial charge on any atom is 0.340 e. The molecule has 0 aliphatic heterocycles. The summed E-state index contributed by atoms with van der Waals surface area (Å²) in [5.74, 6) is -0.456. The van der Waals surface area contributed by atoms with Gasteiger partial charge in [0, 0.05) is 28.8 Å². The Morgan fingerprint density at radius 1 is 1.28 bits per heavy atom. The van der Waals surface area contributed by atoms with E-state index >= 15 is 4.39 Å². The number of ether oxygens (including phenoxy) is 1. The lowest BCUT2D eigenvalue weighted by Crippen LogP contribution is -2.15. The molecule has 0 saturated heterocycles. The van der Waals surface area contributed by atoms with Gasteiger partial charge in [0.1, 0.15) is 17.8 Å². The summed E-state index contributed by atoms with van der Waals surface area (Å²) in [6, 6.07) is 6.55. The van der Waals surface area contributed by atoms with Gasteiger partial charge in [0.2, 0.25) is 5.91 Å². The van der Waals surface area contributed by atoms with Gasteiger partial charge in [0.15, 0.2) is 11.6 Å². The number of carbonyl (C=O) groups excluding carboxylic acids is 2. The maximum atomic E-state index is 15.4. The fourth-order valence-corrected chi connectivity index (χ4v) is 3.56. The number of carbonyl (C=O) groups is 2. The predicted molar refractivity (Wildman–Crippen MR) is 114 cm³/mol. The van der Waals surface area contributed by atoms with E-state index in [0.29, 0.717) is 22.4 Å². The molecule has 10 heteroatoms. The Morgan fingerprint density at radius 3 is 2.78 bits per heavy atom. The molecule has 0 radical (unpaired) electrons. The van der Waals surface area contributed by atoms with E-state index in [0.717, 1.165) is 12.8 Å². The molecular weight excluding hydrogens is 415 g/mol. The number of hydrogen-bond donors (Lipinski definition) is 2. The van der Waals surface area contributed by atoms with Crippen molar-refractivity contribution in [2.45, 2.75) is 19.8 Å². The summed E-state index contributed by atoms with van der Waals surface area (Å²) in [7, 11) is 1.27. The van der Waals surface area contributed by atoms with Crippen LogP contribution in [0.2, 0.25) is 0 Å². The molecule has 1 aromatic carbocycles. The number of H-pyrrole nitrogens is 1. The third-order valence-electron chi connectivity index (χ3n) is 5.38. The van der Waals surface area contributed by atoms with Gasteiger partial charge in [-0.2, -0.15) is 5.10 Å². The summed E-state index contributed by atoms with van der Waals surface area (Å²) in [5.41, 5.74) is 1.53. The number of nitrogens with zero attached hydrogens (tertiary/aromatic N) is 4. The quantitative estimate of drug-likeness (QED) is 0.465. The first-order chi connectivity index (χ1) is 15.5. The minimum Gasteiger partial charge on any atom is -0.465 e. The zero-order valence-corrected chi connectivity index (χ0v) is 17.3. The summed E-state index contributed by atoms with van der Waals surface area (Å²) in [5, 5.41) is 7.44. The van der Waals surface area contributed by atoms with Crippen LogP contribution in [0, 0.1) is 18.7 Å². The lowest BCUT2D eigenvalue weighted by Gasteiger charge is -2.07. The number of nitrogens with one attached hydrogen (secondary N) is 2. The van der Waals surface area contributed by atoms with Gasteiger partial charge in [-0.1, -0.05) is 6.07 Å². The van der Waals surface area contributed by atoms with E-state index < -0.39 is 11.8 Å². The van der Waals surface area contributed by atoms with Crippen molar-refractivity contribution in [3.05, 3.63) is 54.0 Å². The number of benzene rings is 1. The number of rotatable bonds is 5. The highest BCUT2D eigenvalue weighted by Gasteiger charge is 2.30. The van der Waals surface area contributed by atoms with Gasteiger partial charge in [-0.15, -0.1) is 0 Å². The van der Waals surface area contributed by atoms with Gasteiger partial charge in [-0.3, -0.25) is 4.79 Å². The SMILES string of the molecule is COC(=O)c1cnc(NC(=O)C2CC2)c2[nH]c(-c3cccc(-n4cnc(C)n4)c3F)cc12.